The molecule has 0 spiro atoms. The largest absolute Gasteiger partial charge is 0.506 e. The topological polar surface area (TPSA) is 70.3 Å². The van der Waals surface area contributed by atoms with Gasteiger partial charge in [-0.2, -0.15) is 0 Å². The number of phenolic OH excluding ortho intramolecular Hbond substituents is 1. The van der Waals surface area contributed by atoms with E-state index in [1.165, 1.54) is 0 Å². The molecule has 1 aromatic carbocycles. The zero-order valence-electron chi connectivity index (χ0n) is 12.2. The summed E-state index contributed by atoms with van der Waals surface area (Å²) in [5.74, 6) is 1.16. The molecule has 0 radical (unpaired) electrons. The number of aliphatic hydroxyl groups excluding tert-OH is 1. The molecule has 0 saturated heterocycles. The second-order valence-electron chi connectivity index (χ2n) is 5.04. The fourth-order valence-corrected chi connectivity index (χ4v) is 3.27. The van der Waals surface area contributed by atoms with Crippen molar-refractivity contribution in [3.05, 3.63) is 35.7 Å². The molecule has 0 aliphatic heterocycles. The molecule has 116 valence electrons. The highest BCUT2D eigenvalue weighted by Gasteiger charge is 2.15. The maximum absolute atomic E-state index is 10.2. The summed E-state index contributed by atoms with van der Waals surface area (Å²) in [7, 11) is 0. The first kappa shape index (κ1) is 15.0. The van der Waals surface area contributed by atoms with Crippen LogP contribution in [0.5, 0.6) is 5.75 Å². The van der Waals surface area contributed by atoms with Crippen molar-refractivity contribution in [3.8, 4) is 16.5 Å². The molecule has 2 heterocycles. The lowest BCUT2D eigenvalue weighted by molar-refractivity contribution is 0.292. The highest BCUT2D eigenvalue weighted by atomic mass is 32.1. The minimum absolute atomic E-state index is 0.148. The molecule has 6 heteroatoms. The number of phenols is 1. The van der Waals surface area contributed by atoms with Gasteiger partial charge in [-0.1, -0.05) is 12.1 Å². The number of hydrogen-bond donors (Lipinski definition) is 3. The molecule has 22 heavy (non-hydrogen) atoms. The number of para-hydroxylation sites is 1. The van der Waals surface area contributed by atoms with Crippen molar-refractivity contribution in [2.24, 2.45) is 0 Å². The number of imidazole rings is 1. The Kier molecular flexibility index (Phi) is 4.72. The molecule has 0 unspecified atom stereocenters. The molecule has 0 amide bonds. The molecule has 3 N–H and O–H groups in total. The zero-order chi connectivity index (χ0) is 15.4. The maximum Gasteiger partial charge on any atom is 0.151 e. The van der Waals surface area contributed by atoms with E-state index >= 15 is 0 Å². The van der Waals surface area contributed by atoms with Crippen LogP contribution in [0.2, 0.25) is 0 Å². The first-order valence-corrected chi connectivity index (χ1v) is 8.23. The molecule has 3 rings (SSSR count). The lowest BCUT2D eigenvalue weighted by Gasteiger charge is -2.09. The predicted octanol–water partition coefficient (Wildman–Crippen LogP) is 2.44. The van der Waals surface area contributed by atoms with Gasteiger partial charge in [-0.25, -0.2) is 4.98 Å². The van der Waals surface area contributed by atoms with Gasteiger partial charge in [0, 0.05) is 13.1 Å². The third-order valence-corrected chi connectivity index (χ3v) is 4.38. The van der Waals surface area contributed by atoms with E-state index in [0.717, 1.165) is 41.2 Å². The van der Waals surface area contributed by atoms with Crippen molar-refractivity contribution in [2.75, 3.05) is 19.7 Å². The van der Waals surface area contributed by atoms with E-state index in [1.54, 1.807) is 17.4 Å². The van der Waals surface area contributed by atoms with E-state index in [0.29, 0.717) is 6.54 Å². The molecular weight excluding hydrogens is 298 g/mol. The van der Waals surface area contributed by atoms with Crippen molar-refractivity contribution >= 4 is 22.4 Å². The summed E-state index contributed by atoms with van der Waals surface area (Å²) in [5, 5.41) is 24.2. The Morgan fingerprint density at radius 1 is 1.18 bits per heavy atom. The van der Waals surface area contributed by atoms with Gasteiger partial charge < -0.3 is 20.1 Å². The third kappa shape index (κ3) is 2.99. The molecule has 0 saturated carbocycles. The minimum atomic E-state index is 0.148. The summed E-state index contributed by atoms with van der Waals surface area (Å²) in [5.41, 5.74) is 1.60. The number of fused-ring (bicyclic) bond motifs is 1. The first-order valence-electron chi connectivity index (χ1n) is 7.35. The van der Waals surface area contributed by atoms with Crippen molar-refractivity contribution in [2.45, 2.75) is 13.0 Å². The maximum atomic E-state index is 10.2. The van der Waals surface area contributed by atoms with Gasteiger partial charge in [0.1, 0.15) is 11.3 Å². The summed E-state index contributed by atoms with van der Waals surface area (Å²) >= 11 is 1.64. The standard InChI is InChI=1S/C16H19N3O2S/c20-10-8-17-7-3-9-19-15-12(4-1-5-13(15)21)18-16(19)14-6-2-11-22-14/h1-2,4-6,11,17,20-21H,3,7-10H2. The number of nitrogens with one attached hydrogen (secondary N) is 1. The SMILES string of the molecule is OCCNCCCn1c(-c2cccs2)nc2cccc(O)c21. The summed E-state index contributed by atoms with van der Waals surface area (Å²) in [6.07, 6.45) is 0.901. The van der Waals surface area contributed by atoms with Gasteiger partial charge in [0.15, 0.2) is 5.82 Å². The fourth-order valence-electron chi connectivity index (χ4n) is 2.54. The van der Waals surface area contributed by atoms with E-state index in [4.69, 9.17) is 5.11 Å². The van der Waals surface area contributed by atoms with E-state index in [-0.39, 0.29) is 12.4 Å². The molecule has 2 aromatic heterocycles. The number of aromatic nitrogens is 2. The lowest BCUT2D eigenvalue weighted by Crippen LogP contribution is -2.20. The number of hydrogen-bond acceptors (Lipinski definition) is 5. The Morgan fingerprint density at radius 2 is 2.09 bits per heavy atom. The van der Waals surface area contributed by atoms with Gasteiger partial charge in [0.05, 0.1) is 17.0 Å². The van der Waals surface area contributed by atoms with Crippen molar-refractivity contribution in [1.82, 2.24) is 14.9 Å². The van der Waals surface area contributed by atoms with E-state index in [9.17, 15) is 5.11 Å². The molecule has 0 aliphatic rings. The fraction of sp³-hybridized carbons (Fsp3) is 0.312. The highest BCUT2D eigenvalue weighted by molar-refractivity contribution is 7.13. The Balaban J connectivity index is 1.92. The molecule has 0 fully saturated rings. The predicted molar refractivity (Wildman–Crippen MR) is 89.3 cm³/mol. The van der Waals surface area contributed by atoms with Crippen LogP contribution in [0, 0.1) is 0 Å². The minimum Gasteiger partial charge on any atom is -0.506 e. The van der Waals surface area contributed by atoms with Crippen LogP contribution in [0.1, 0.15) is 6.42 Å². The van der Waals surface area contributed by atoms with E-state index in [1.807, 2.05) is 29.6 Å². The van der Waals surface area contributed by atoms with Crippen LogP contribution in [0.25, 0.3) is 21.7 Å². The van der Waals surface area contributed by atoms with Gasteiger partial charge >= 0.3 is 0 Å². The summed E-state index contributed by atoms with van der Waals surface area (Å²) in [6, 6.07) is 9.49. The molecule has 0 aliphatic carbocycles. The van der Waals surface area contributed by atoms with Gasteiger partial charge in [-0.05, 0) is 36.5 Å². The van der Waals surface area contributed by atoms with Crippen LogP contribution in [-0.4, -0.2) is 39.5 Å². The first-order chi connectivity index (χ1) is 10.8. The van der Waals surface area contributed by atoms with Crippen LogP contribution >= 0.6 is 11.3 Å². The number of aryl methyl sites for hydroxylation is 1. The van der Waals surface area contributed by atoms with Gasteiger partial charge in [-0.15, -0.1) is 11.3 Å². The Bertz CT molecular complexity index is 737. The number of benzene rings is 1. The second-order valence-corrected chi connectivity index (χ2v) is 5.98. The molecule has 3 aromatic rings. The third-order valence-electron chi connectivity index (χ3n) is 3.51. The lowest BCUT2D eigenvalue weighted by atomic mass is 10.3. The van der Waals surface area contributed by atoms with E-state index < -0.39 is 0 Å². The molecule has 5 nitrogen and oxygen atoms in total. The number of thiophene rings is 1. The van der Waals surface area contributed by atoms with Gasteiger partial charge in [0.2, 0.25) is 0 Å². The zero-order valence-corrected chi connectivity index (χ0v) is 13.0. The number of aliphatic hydroxyl groups is 1. The highest BCUT2D eigenvalue weighted by Crippen LogP contribution is 2.32. The van der Waals surface area contributed by atoms with Crippen LogP contribution in [0.15, 0.2) is 35.7 Å². The number of nitrogens with zero attached hydrogens (tertiary/aromatic N) is 2. The van der Waals surface area contributed by atoms with Gasteiger partial charge in [-0.3, -0.25) is 0 Å². The number of rotatable bonds is 7. The average molecular weight is 317 g/mol. The van der Waals surface area contributed by atoms with Crippen LogP contribution in [-0.2, 0) is 6.54 Å². The van der Waals surface area contributed by atoms with Crippen molar-refractivity contribution in [1.29, 1.82) is 0 Å². The smallest absolute Gasteiger partial charge is 0.151 e. The monoisotopic (exact) mass is 317 g/mol. The number of aromatic hydroxyl groups is 1. The van der Waals surface area contributed by atoms with E-state index in [2.05, 4.69) is 14.9 Å². The summed E-state index contributed by atoms with van der Waals surface area (Å²) in [4.78, 5) is 5.78. The average Bonchev–Trinajstić information content (AvgIpc) is 3.15. The molecule has 0 bridgehead atoms. The van der Waals surface area contributed by atoms with Gasteiger partial charge in [0.25, 0.3) is 0 Å². The summed E-state index contributed by atoms with van der Waals surface area (Å²) < 4.78 is 2.08. The van der Waals surface area contributed by atoms with Crippen LogP contribution in [0.4, 0.5) is 0 Å². The Hall–Kier alpha value is -1.89. The molecular formula is C16H19N3O2S. The Morgan fingerprint density at radius 3 is 2.86 bits per heavy atom. The van der Waals surface area contributed by atoms with Crippen LogP contribution < -0.4 is 5.32 Å². The quantitative estimate of drug-likeness (QED) is 0.585. The Labute approximate surface area is 132 Å². The van der Waals surface area contributed by atoms with Crippen molar-refractivity contribution in [3.63, 3.8) is 0 Å². The normalized spacial score (nSPS) is 11.3. The molecule has 0 atom stereocenters. The van der Waals surface area contributed by atoms with Crippen molar-refractivity contribution < 1.29 is 10.2 Å². The van der Waals surface area contributed by atoms with Crippen LogP contribution in [0.3, 0.4) is 0 Å². The second kappa shape index (κ2) is 6.91. The summed E-state index contributed by atoms with van der Waals surface area (Å²) in [6.45, 7) is 2.33.